The first kappa shape index (κ1) is 20.1. The van der Waals surface area contributed by atoms with Gasteiger partial charge in [-0.1, -0.05) is 34.4 Å². The molecule has 1 unspecified atom stereocenters. The fourth-order valence-electron chi connectivity index (χ4n) is 2.93. The molecule has 0 spiro atoms. The molecular weight excluding hydrogens is 393 g/mol. The highest BCUT2D eigenvalue weighted by Crippen LogP contribution is 2.37. The summed E-state index contributed by atoms with van der Waals surface area (Å²) in [4.78, 5) is 12.5. The first-order chi connectivity index (χ1) is 13.1. The van der Waals surface area contributed by atoms with Crippen LogP contribution >= 0.6 is 23.2 Å². The zero-order valence-electron chi connectivity index (χ0n) is 15.0. The van der Waals surface area contributed by atoms with Gasteiger partial charge in [0.05, 0.1) is 23.3 Å². The van der Waals surface area contributed by atoms with Crippen LogP contribution in [0, 0.1) is 0 Å². The van der Waals surface area contributed by atoms with Crippen LogP contribution in [0.4, 0.5) is 0 Å². The summed E-state index contributed by atoms with van der Waals surface area (Å²) in [7, 11) is 0. The lowest BCUT2D eigenvalue weighted by Gasteiger charge is -2.22. The number of nitrogens with zero attached hydrogens (tertiary/aromatic N) is 1. The second-order valence-electron chi connectivity index (χ2n) is 6.06. The molecule has 0 N–H and O–H groups in total. The molecule has 1 atom stereocenters. The van der Waals surface area contributed by atoms with Crippen molar-refractivity contribution in [3.8, 4) is 11.3 Å². The van der Waals surface area contributed by atoms with Gasteiger partial charge in [-0.3, -0.25) is 0 Å². The van der Waals surface area contributed by atoms with Crippen molar-refractivity contribution < 1.29 is 23.5 Å². The van der Waals surface area contributed by atoms with E-state index in [0.29, 0.717) is 41.0 Å². The number of hydrogen-bond acceptors (Lipinski definition) is 6. The van der Waals surface area contributed by atoms with Crippen molar-refractivity contribution in [2.24, 2.45) is 0 Å². The molecule has 0 amide bonds. The summed E-state index contributed by atoms with van der Waals surface area (Å²) in [5.74, 6) is -0.163. The van der Waals surface area contributed by atoms with Crippen molar-refractivity contribution >= 4 is 29.2 Å². The smallest absolute Gasteiger partial charge is 0.344 e. The lowest BCUT2D eigenvalue weighted by Crippen LogP contribution is -2.23. The summed E-state index contributed by atoms with van der Waals surface area (Å²) in [6.07, 6.45) is 3.13. The minimum absolute atomic E-state index is 0.217. The molecule has 0 bridgehead atoms. The molecule has 0 aliphatic carbocycles. The van der Waals surface area contributed by atoms with E-state index in [1.165, 1.54) is 0 Å². The number of carbonyl (C=O) groups excluding carboxylic acids is 1. The second kappa shape index (κ2) is 9.55. The molecule has 0 saturated carbocycles. The van der Waals surface area contributed by atoms with Gasteiger partial charge in [0.25, 0.3) is 0 Å². The summed E-state index contributed by atoms with van der Waals surface area (Å²) in [5, 5.41) is 4.79. The lowest BCUT2D eigenvalue weighted by atomic mass is 10.0. The number of aromatic nitrogens is 1. The summed E-state index contributed by atoms with van der Waals surface area (Å²) in [6.45, 7) is 3.00. The quantitative estimate of drug-likeness (QED) is 0.600. The molecule has 1 aromatic carbocycles. The van der Waals surface area contributed by atoms with E-state index in [2.05, 4.69) is 5.16 Å². The fourth-order valence-corrected chi connectivity index (χ4v) is 3.51. The monoisotopic (exact) mass is 413 g/mol. The van der Waals surface area contributed by atoms with Gasteiger partial charge in [0.15, 0.2) is 12.1 Å². The lowest BCUT2D eigenvalue weighted by molar-refractivity contribution is -0.162. The van der Waals surface area contributed by atoms with E-state index in [1.54, 1.807) is 25.1 Å². The Hall–Kier alpha value is -1.60. The fraction of sp³-hybridized carbons (Fsp3) is 0.474. The minimum atomic E-state index is -0.534. The van der Waals surface area contributed by atoms with Gasteiger partial charge in [-0.15, -0.1) is 0 Å². The van der Waals surface area contributed by atoms with E-state index >= 15 is 0 Å². The van der Waals surface area contributed by atoms with Crippen LogP contribution in [0.1, 0.15) is 42.3 Å². The van der Waals surface area contributed by atoms with Crippen molar-refractivity contribution in [2.75, 3.05) is 19.8 Å². The molecule has 2 heterocycles. The van der Waals surface area contributed by atoms with Gasteiger partial charge in [0.2, 0.25) is 0 Å². The van der Waals surface area contributed by atoms with Crippen molar-refractivity contribution in [1.29, 1.82) is 0 Å². The van der Waals surface area contributed by atoms with Crippen LogP contribution in [0.25, 0.3) is 11.3 Å². The Morgan fingerprint density at radius 2 is 2.07 bits per heavy atom. The number of rotatable bonds is 7. The van der Waals surface area contributed by atoms with Gasteiger partial charge in [0, 0.05) is 18.6 Å². The van der Waals surface area contributed by atoms with Gasteiger partial charge in [-0.25, -0.2) is 4.79 Å². The third-order valence-corrected chi connectivity index (χ3v) is 4.84. The van der Waals surface area contributed by atoms with Crippen molar-refractivity contribution in [2.45, 2.75) is 38.9 Å². The number of hydrogen-bond donors (Lipinski definition) is 0. The molecule has 1 fully saturated rings. The average Bonchev–Trinajstić information content (AvgIpc) is 3.06. The Bertz CT molecular complexity index is 766. The summed E-state index contributed by atoms with van der Waals surface area (Å²) in [5.41, 5.74) is 0.934. The number of benzene rings is 1. The van der Waals surface area contributed by atoms with E-state index < -0.39 is 5.97 Å². The van der Waals surface area contributed by atoms with Crippen molar-refractivity contribution in [1.82, 2.24) is 5.16 Å². The number of ether oxygens (including phenoxy) is 3. The highest BCUT2D eigenvalue weighted by atomic mass is 35.5. The topological polar surface area (TPSA) is 70.8 Å². The second-order valence-corrected chi connectivity index (χ2v) is 6.88. The number of carbonyl (C=O) groups is 1. The highest BCUT2D eigenvalue weighted by molar-refractivity contribution is 6.39. The zero-order chi connectivity index (χ0) is 19.2. The third kappa shape index (κ3) is 4.82. The van der Waals surface area contributed by atoms with Gasteiger partial charge in [-0.2, -0.15) is 0 Å². The summed E-state index contributed by atoms with van der Waals surface area (Å²) in [6, 6.07) is 5.07. The van der Waals surface area contributed by atoms with E-state index in [9.17, 15) is 4.79 Å². The SMILES string of the molecule is CCOC(=O)c1c(-c2c(Cl)cccc2Cl)noc1CCOC1CCCCO1. The van der Waals surface area contributed by atoms with Gasteiger partial charge in [-0.05, 0) is 38.3 Å². The van der Waals surface area contributed by atoms with E-state index in [1.807, 2.05) is 0 Å². The normalized spacial score (nSPS) is 17.1. The molecule has 1 aliphatic heterocycles. The molecule has 3 rings (SSSR count). The van der Waals surface area contributed by atoms with Gasteiger partial charge < -0.3 is 18.7 Å². The molecule has 2 aromatic rings. The predicted molar refractivity (Wildman–Crippen MR) is 101 cm³/mol. The predicted octanol–water partition coefficient (Wildman–Crippen LogP) is 4.91. The summed E-state index contributed by atoms with van der Waals surface area (Å²) >= 11 is 12.5. The van der Waals surface area contributed by atoms with E-state index in [-0.39, 0.29) is 24.2 Å². The van der Waals surface area contributed by atoms with E-state index in [0.717, 1.165) is 19.3 Å². The van der Waals surface area contributed by atoms with Crippen molar-refractivity contribution in [3.05, 3.63) is 39.6 Å². The van der Waals surface area contributed by atoms with Crippen LogP contribution in [0.2, 0.25) is 10.0 Å². The molecule has 27 heavy (non-hydrogen) atoms. The van der Waals surface area contributed by atoms with Crippen molar-refractivity contribution in [3.63, 3.8) is 0 Å². The molecule has 1 saturated heterocycles. The number of esters is 1. The number of halogens is 2. The Morgan fingerprint density at radius 1 is 1.30 bits per heavy atom. The Kier molecular flexibility index (Phi) is 7.13. The van der Waals surface area contributed by atoms with Crippen LogP contribution in [0.3, 0.4) is 0 Å². The maximum Gasteiger partial charge on any atom is 0.344 e. The maximum absolute atomic E-state index is 12.5. The molecule has 6 nitrogen and oxygen atoms in total. The molecule has 8 heteroatoms. The average molecular weight is 414 g/mol. The zero-order valence-corrected chi connectivity index (χ0v) is 16.5. The van der Waals surface area contributed by atoms with Crippen LogP contribution in [-0.2, 0) is 20.6 Å². The Morgan fingerprint density at radius 3 is 2.74 bits per heavy atom. The maximum atomic E-state index is 12.5. The largest absolute Gasteiger partial charge is 0.462 e. The van der Waals surface area contributed by atoms with Crippen LogP contribution in [0.15, 0.2) is 22.7 Å². The molecule has 1 aromatic heterocycles. The van der Waals surface area contributed by atoms with Crippen LogP contribution in [0.5, 0.6) is 0 Å². The highest BCUT2D eigenvalue weighted by Gasteiger charge is 2.28. The molecule has 0 radical (unpaired) electrons. The first-order valence-electron chi connectivity index (χ1n) is 8.95. The van der Waals surface area contributed by atoms with Crippen LogP contribution < -0.4 is 0 Å². The van der Waals surface area contributed by atoms with Gasteiger partial charge >= 0.3 is 5.97 Å². The molecular formula is C19H21Cl2NO5. The Balaban J connectivity index is 1.83. The van der Waals surface area contributed by atoms with Gasteiger partial charge in [0.1, 0.15) is 11.3 Å². The van der Waals surface area contributed by atoms with E-state index in [4.69, 9.17) is 41.9 Å². The third-order valence-electron chi connectivity index (χ3n) is 4.21. The first-order valence-corrected chi connectivity index (χ1v) is 9.70. The van der Waals surface area contributed by atoms with Crippen LogP contribution in [-0.4, -0.2) is 37.2 Å². The molecule has 146 valence electrons. The Labute approximate surface area is 167 Å². The molecule has 1 aliphatic rings. The standard InChI is InChI=1S/C19H21Cl2NO5/c1-2-24-19(23)17-14(9-11-26-15-8-3-4-10-25-15)27-22-18(17)16-12(20)6-5-7-13(16)21/h5-7,15H,2-4,8-11H2,1H3. The summed E-state index contributed by atoms with van der Waals surface area (Å²) < 4.78 is 21.9. The minimum Gasteiger partial charge on any atom is -0.462 e.